The SMILES string of the molecule is C#CCC(NC(=O)c1cc(C)nn1CC)C(=O)O. The number of aryl methyl sites for hydroxylation is 2. The van der Waals surface area contributed by atoms with Gasteiger partial charge in [-0.2, -0.15) is 5.10 Å². The number of aliphatic carboxylic acids is 1. The standard InChI is InChI=1S/C12H15N3O3/c1-4-6-9(12(17)18)13-11(16)10-7-8(3)14-15(10)5-2/h1,7,9H,5-6H2,2-3H3,(H,13,16)(H,17,18). The smallest absolute Gasteiger partial charge is 0.327 e. The second-order valence-corrected chi connectivity index (χ2v) is 3.76. The van der Waals surface area contributed by atoms with E-state index < -0.39 is 17.9 Å². The van der Waals surface area contributed by atoms with Crippen LogP contribution in [0.4, 0.5) is 0 Å². The molecule has 96 valence electrons. The van der Waals surface area contributed by atoms with Crippen LogP contribution in [0.1, 0.15) is 29.5 Å². The molecular formula is C12H15N3O3. The van der Waals surface area contributed by atoms with Crippen molar-refractivity contribution in [1.82, 2.24) is 15.1 Å². The van der Waals surface area contributed by atoms with Crippen molar-refractivity contribution in [1.29, 1.82) is 0 Å². The topological polar surface area (TPSA) is 84.2 Å². The first-order valence-corrected chi connectivity index (χ1v) is 5.51. The van der Waals surface area contributed by atoms with Crippen molar-refractivity contribution in [2.45, 2.75) is 32.9 Å². The Labute approximate surface area is 105 Å². The molecule has 1 aromatic heterocycles. The fraction of sp³-hybridized carbons (Fsp3) is 0.417. The van der Waals surface area contributed by atoms with Gasteiger partial charge in [0, 0.05) is 13.0 Å². The Bertz CT molecular complexity index is 499. The zero-order valence-corrected chi connectivity index (χ0v) is 10.3. The summed E-state index contributed by atoms with van der Waals surface area (Å²) in [6.45, 7) is 4.14. The third kappa shape index (κ3) is 3.10. The number of aromatic nitrogens is 2. The van der Waals surface area contributed by atoms with Crippen molar-refractivity contribution in [3.05, 3.63) is 17.5 Å². The van der Waals surface area contributed by atoms with Crippen LogP contribution < -0.4 is 5.32 Å². The molecule has 0 bridgehead atoms. The van der Waals surface area contributed by atoms with E-state index in [1.54, 1.807) is 13.0 Å². The predicted molar refractivity (Wildman–Crippen MR) is 65.0 cm³/mol. The van der Waals surface area contributed by atoms with E-state index in [2.05, 4.69) is 16.3 Å². The minimum absolute atomic E-state index is 0.0552. The summed E-state index contributed by atoms with van der Waals surface area (Å²) in [6.07, 6.45) is 5.00. The summed E-state index contributed by atoms with van der Waals surface area (Å²) in [7, 11) is 0. The van der Waals surface area contributed by atoms with Crippen molar-refractivity contribution in [3.8, 4) is 12.3 Å². The van der Waals surface area contributed by atoms with Crippen molar-refractivity contribution in [2.24, 2.45) is 0 Å². The Morgan fingerprint density at radius 3 is 2.83 bits per heavy atom. The maximum atomic E-state index is 11.9. The highest BCUT2D eigenvalue weighted by Gasteiger charge is 2.21. The van der Waals surface area contributed by atoms with Crippen LogP contribution >= 0.6 is 0 Å². The summed E-state index contributed by atoms with van der Waals surface area (Å²) < 4.78 is 1.51. The normalized spacial score (nSPS) is 11.6. The van der Waals surface area contributed by atoms with Crippen molar-refractivity contribution >= 4 is 11.9 Å². The first kappa shape index (κ1) is 13.8. The second-order valence-electron chi connectivity index (χ2n) is 3.76. The van der Waals surface area contributed by atoms with Gasteiger partial charge in [0.15, 0.2) is 0 Å². The molecular weight excluding hydrogens is 234 g/mol. The third-order valence-electron chi connectivity index (χ3n) is 2.36. The van der Waals surface area contributed by atoms with Crippen LogP contribution in [0.25, 0.3) is 0 Å². The van der Waals surface area contributed by atoms with Gasteiger partial charge in [0.1, 0.15) is 11.7 Å². The van der Waals surface area contributed by atoms with Gasteiger partial charge in [-0.05, 0) is 19.9 Å². The number of carbonyl (C=O) groups is 2. The number of carboxylic acid groups (broad SMARTS) is 1. The van der Waals surface area contributed by atoms with Crippen LogP contribution in [0.15, 0.2) is 6.07 Å². The first-order chi connectivity index (χ1) is 8.49. The molecule has 6 heteroatoms. The molecule has 0 fully saturated rings. The molecule has 0 radical (unpaired) electrons. The molecule has 0 saturated heterocycles. The van der Waals surface area contributed by atoms with Gasteiger partial charge in [0.2, 0.25) is 0 Å². The van der Waals surface area contributed by atoms with Crippen molar-refractivity contribution < 1.29 is 14.7 Å². The van der Waals surface area contributed by atoms with E-state index in [9.17, 15) is 9.59 Å². The number of carboxylic acids is 1. The highest BCUT2D eigenvalue weighted by atomic mass is 16.4. The molecule has 18 heavy (non-hydrogen) atoms. The van der Waals surface area contributed by atoms with Gasteiger partial charge in [0.25, 0.3) is 5.91 Å². The molecule has 2 N–H and O–H groups in total. The quantitative estimate of drug-likeness (QED) is 0.741. The van der Waals surface area contributed by atoms with E-state index in [1.807, 2.05) is 6.92 Å². The largest absolute Gasteiger partial charge is 0.480 e. The van der Waals surface area contributed by atoms with Crippen LogP contribution in [-0.4, -0.2) is 32.8 Å². The molecule has 1 amide bonds. The van der Waals surface area contributed by atoms with Gasteiger partial charge in [-0.25, -0.2) is 4.79 Å². The molecule has 0 spiro atoms. The van der Waals surface area contributed by atoms with Crippen molar-refractivity contribution in [3.63, 3.8) is 0 Å². The lowest BCUT2D eigenvalue weighted by Crippen LogP contribution is -2.41. The summed E-state index contributed by atoms with van der Waals surface area (Å²) in [5.74, 6) is 0.584. The van der Waals surface area contributed by atoms with E-state index in [4.69, 9.17) is 11.5 Å². The van der Waals surface area contributed by atoms with Crippen LogP contribution in [0.2, 0.25) is 0 Å². The van der Waals surface area contributed by atoms with Gasteiger partial charge in [-0.15, -0.1) is 12.3 Å². The Morgan fingerprint density at radius 1 is 1.67 bits per heavy atom. The lowest BCUT2D eigenvalue weighted by atomic mass is 10.2. The van der Waals surface area contributed by atoms with Gasteiger partial charge in [0.05, 0.1) is 5.69 Å². The average Bonchev–Trinajstić information content (AvgIpc) is 2.69. The summed E-state index contributed by atoms with van der Waals surface area (Å²) in [5, 5.41) is 15.4. The van der Waals surface area contributed by atoms with Gasteiger partial charge in [-0.3, -0.25) is 9.48 Å². The summed E-state index contributed by atoms with van der Waals surface area (Å²) in [5.41, 5.74) is 1.03. The van der Waals surface area contributed by atoms with E-state index in [-0.39, 0.29) is 6.42 Å². The van der Waals surface area contributed by atoms with E-state index in [0.29, 0.717) is 17.9 Å². The van der Waals surface area contributed by atoms with Gasteiger partial charge >= 0.3 is 5.97 Å². The molecule has 1 rings (SSSR count). The lowest BCUT2D eigenvalue weighted by molar-refractivity contribution is -0.139. The summed E-state index contributed by atoms with van der Waals surface area (Å²) >= 11 is 0. The van der Waals surface area contributed by atoms with E-state index in [1.165, 1.54) is 4.68 Å². The average molecular weight is 249 g/mol. The van der Waals surface area contributed by atoms with E-state index >= 15 is 0 Å². The molecule has 1 unspecified atom stereocenters. The predicted octanol–water partition coefficient (Wildman–Crippen LogP) is 0.418. The number of rotatable bonds is 5. The molecule has 1 atom stereocenters. The summed E-state index contributed by atoms with van der Waals surface area (Å²) in [6, 6.07) is 0.524. The molecule has 0 aliphatic heterocycles. The number of nitrogens with zero attached hydrogens (tertiary/aromatic N) is 2. The molecule has 1 aromatic rings. The lowest BCUT2D eigenvalue weighted by Gasteiger charge is -2.12. The maximum absolute atomic E-state index is 11.9. The number of terminal acetylenes is 1. The first-order valence-electron chi connectivity index (χ1n) is 5.51. The Kier molecular flexibility index (Phi) is 4.49. The fourth-order valence-corrected chi connectivity index (χ4v) is 1.52. The van der Waals surface area contributed by atoms with Crippen LogP contribution in [0.3, 0.4) is 0 Å². The van der Waals surface area contributed by atoms with Crippen LogP contribution in [0.5, 0.6) is 0 Å². The molecule has 1 heterocycles. The van der Waals surface area contributed by atoms with E-state index in [0.717, 1.165) is 0 Å². The van der Waals surface area contributed by atoms with Crippen molar-refractivity contribution in [2.75, 3.05) is 0 Å². The number of nitrogens with one attached hydrogen (secondary N) is 1. The zero-order valence-electron chi connectivity index (χ0n) is 10.3. The van der Waals surface area contributed by atoms with Gasteiger partial charge < -0.3 is 10.4 Å². The van der Waals surface area contributed by atoms with Gasteiger partial charge in [-0.1, -0.05) is 0 Å². The number of carbonyl (C=O) groups excluding carboxylic acids is 1. The minimum Gasteiger partial charge on any atom is -0.480 e. The van der Waals surface area contributed by atoms with Crippen LogP contribution in [-0.2, 0) is 11.3 Å². The monoisotopic (exact) mass is 249 g/mol. The van der Waals surface area contributed by atoms with Crippen LogP contribution in [0, 0.1) is 19.3 Å². The number of amides is 1. The maximum Gasteiger partial charge on any atom is 0.327 e. The molecule has 0 saturated carbocycles. The number of hydrogen-bond acceptors (Lipinski definition) is 3. The fourth-order valence-electron chi connectivity index (χ4n) is 1.52. The third-order valence-corrected chi connectivity index (χ3v) is 2.36. The second kappa shape index (κ2) is 5.87. The zero-order chi connectivity index (χ0) is 13.7. The Morgan fingerprint density at radius 2 is 2.33 bits per heavy atom. The Hall–Kier alpha value is -2.29. The summed E-state index contributed by atoms with van der Waals surface area (Å²) in [4.78, 5) is 22.8. The highest BCUT2D eigenvalue weighted by molar-refractivity contribution is 5.95. The highest BCUT2D eigenvalue weighted by Crippen LogP contribution is 2.04. The molecule has 0 aromatic carbocycles. The minimum atomic E-state index is -1.15. The Balaban J connectivity index is 2.87. The molecule has 0 aliphatic rings. The molecule has 0 aliphatic carbocycles. The number of hydrogen-bond donors (Lipinski definition) is 2. The molecule has 6 nitrogen and oxygen atoms in total.